The maximum absolute atomic E-state index is 12.2. The molecule has 19 heavy (non-hydrogen) atoms. The Morgan fingerprint density at radius 1 is 1.16 bits per heavy atom. The molecule has 0 aliphatic heterocycles. The molecule has 0 radical (unpaired) electrons. The summed E-state index contributed by atoms with van der Waals surface area (Å²) in [6.45, 7) is 2.50. The summed E-state index contributed by atoms with van der Waals surface area (Å²) in [4.78, 5) is 24.2. The zero-order valence-electron chi connectivity index (χ0n) is 11.7. The molecule has 6 heteroatoms. The summed E-state index contributed by atoms with van der Waals surface area (Å²) in [7, 11) is 0. The Bertz CT molecular complexity index is 359. The van der Waals surface area contributed by atoms with Gasteiger partial charge in [0, 0.05) is 0 Å². The van der Waals surface area contributed by atoms with Crippen molar-refractivity contribution in [1.29, 1.82) is 0 Å². The molecule has 2 amide bonds. The van der Waals surface area contributed by atoms with Gasteiger partial charge in [-0.3, -0.25) is 9.59 Å². The molecule has 1 saturated carbocycles. The van der Waals surface area contributed by atoms with Crippen LogP contribution in [-0.4, -0.2) is 24.9 Å². The van der Waals surface area contributed by atoms with Gasteiger partial charge < -0.3 is 22.9 Å². The Hall–Kier alpha value is -1.14. The number of hydrogen-bond acceptors (Lipinski definition) is 4. The largest absolute Gasteiger partial charge is 0.369 e. The van der Waals surface area contributed by atoms with E-state index in [-0.39, 0.29) is 5.92 Å². The maximum atomic E-state index is 12.2. The molecule has 3 atom stereocenters. The highest BCUT2D eigenvalue weighted by Gasteiger charge is 2.60. The van der Waals surface area contributed by atoms with Crippen LogP contribution in [0.4, 0.5) is 0 Å². The lowest BCUT2D eigenvalue weighted by Crippen LogP contribution is -2.62. The van der Waals surface area contributed by atoms with Crippen molar-refractivity contribution in [3.63, 3.8) is 0 Å². The topological polar surface area (TPSA) is 138 Å². The van der Waals surface area contributed by atoms with Crippen molar-refractivity contribution >= 4 is 11.8 Å². The van der Waals surface area contributed by atoms with Crippen molar-refractivity contribution in [2.75, 3.05) is 13.1 Å². The third-order valence-corrected chi connectivity index (χ3v) is 4.95. The second-order valence-electron chi connectivity index (χ2n) is 5.74. The fourth-order valence-electron chi connectivity index (χ4n) is 3.86. The van der Waals surface area contributed by atoms with Gasteiger partial charge in [-0.1, -0.05) is 6.42 Å². The Balaban J connectivity index is 3.36. The molecule has 6 nitrogen and oxygen atoms in total. The summed E-state index contributed by atoms with van der Waals surface area (Å²) in [5.74, 6) is -0.969. The van der Waals surface area contributed by atoms with E-state index in [9.17, 15) is 9.59 Å². The van der Waals surface area contributed by atoms with Crippen LogP contribution in [0.1, 0.15) is 39.0 Å². The van der Waals surface area contributed by atoms with Crippen LogP contribution in [0, 0.1) is 16.7 Å². The third-order valence-electron chi connectivity index (χ3n) is 4.95. The van der Waals surface area contributed by atoms with Crippen LogP contribution in [-0.2, 0) is 9.59 Å². The first-order chi connectivity index (χ1) is 8.86. The first kappa shape index (κ1) is 15.9. The number of hydrogen-bond donors (Lipinski definition) is 4. The molecule has 8 N–H and O–H groups in total. The van der Waals surface area contributed by atoms with E-state index in [0.717, 1.165) is 12.8 Å². The average Bonchev–Trinajstić information content (AvgIpc) is 2.33. The lowest BCUT2D eigenvalue weighted by Gasteiger charge is -2.53. The van der Waals surface area contributed by atoms with Crippen molar-refractivity contribution in [3.05, 3.63) is 0 Å². The fraction of sp³-hybridized carbons (Fsp3) is 0.846. The van der Waals surface area contributed by atoms with Gasteiger partial charge in [0.2, 0.25) is 11.8 Å². The normalized spacial score (nSPS) is 35.0. The first-order valence-corrected chi connectivity index (χ1v) is 6.86. The van der Waals surface area contributed by atoms with Crippen molar-refractivity contribution in [3.8, 4) is 0 Å². The Morgan fingerprint density at radius 2 is 1.79 bits per heavy atom. The van der Waals surface area contributed by atoms with Crippen LogP contribution >= 0.6 is 0 Å². The quantitative estimate of drug-likeness (QED) is 0.514. The molecule has 1 aliphatic rings. The monoisotopic (exact) mass is 270 g/mol. The van der Waals surface area contributed by atoms with Gasteiger partial charge in [0.25, 0.3) is 0 Å². The number of carbonyl (C=O) groups excluding carboxylic acids is 2. The highest BCUT2D eigenvalue weighted by Crippen LogP contribution is 2.56. The first-order valence-electron chi connectivity index (χ1n) is 6.86. The van der Waals surface area contributed by atoms with E-state index in [2.05, 4.69) is 0 Å². The van der Waals surface area contributed by atoms with E-state index >= 15 is 0 Å². The number of nitrogens with two attached hydrogens (primary N) is 4. The van der Waals surface area contributed by atoms with Crippen molar-refractivity contribution in [2.45, 2.75) is 39.0 Å². The van der Waals surface area contributed by atoms with E-state index in [1.807, 2.05) is 0 Å². The van der Waals surface area contributed by atoms with Gasteiger partial charge in [-0.25, -0.2) is 0 Å². The standard InChI is InChI=1S/C13H26N4O2/c1-12(10(16)18)5-2-3-9(4-7-14)13(12,6-8-15)11(17)19/h9H,2-8,14-15H2,1H3,(H2,16,18)(H2,17,19). The number of primary amides is 2. The number of rotatable bonds is 6. The van der Waals surface area contributed by atoms with Gasteiger partial charge in [0.05, 0.1) is 10.8 Å². The molecule has 3 unspecified atom stereocenters. The zero-order valence-corrected chi connectivity index (χ0v) is 11.7. The van der Waals surface area contributed by atoms with Gasteiger partial charge in [0.15, 0.2) is 0 Å². The third kappa shape index (κ3) is 2.34. The van der Waals surface area contributed by atoms with Gasteiger partial charge >= 0.3 is 0 Å². The van der Waals surface area contributed by atoms with Crippen LogP contribution in [0.3, 0.4) is 0 Å². The minimum Gasteiger partial charge on any atom is -0.369 e. The van der Waals surface area contributed by atoms with Crippen molar-refractivity contribution < 1.29 is 9.59 Å². The van der Waals surface area contributed by atoms with E-state index in [1.165, 1.54) is 0 Å². The second kappa shape index (κ2) is 5.88. The van der Waals surface area contributed by atoms with Crippen LogP contribution in [0.2, 0.25) is 0 Å². The van der Waals surface area contributed by atoms with Gasteiger partial charge in [-0.05, 0) is 51.6 Å². The molecule has 0 aromatic carbocycles. The SMILES string of the molecule is CC1(C(N)=O)CCCC(CCN)C1(CCN)C(N)=O. The predicted molar refractivity (Wildman–Crippen MR) is 73.6 cm³/mol. The van der Waals surface area contributed by atoms with Crippen LogP contribution in [0.25, 0.3) is 0 Å². The molecular weight excluding hydrogens is 244 g/mol. The van der Waals surface area contributed by atoms with Gasteiger partial charge in [-0.2, -0.15) is 0 Å². The Morgan fingerprint density at radius 3 is 2.21 bits per heavy atom. The molecule has 1 fully saturated rings. The lowest BCUT2D eigenvalue weighted by molar-refractivity contribution is -0.160. The van der Waals surface area contributed by atoms with Crippen molar-refractivity contribution in [2.24, 2.45) is 39.7 Å². The molecule has 0 aromatic rings. The molecule has 0 saturated heterocycles. The van der Waals surface area contributed by atoms with Crippen LogP contribution in [0.15, 0.2) is 0 Å². The Kier molecular flexibility index (Phi) is 4.92. The molecule has 1 rings (SSSR count). The summed E-state index contributed by atoms with van der Waals surface area (Å²) < 4.78 is 0. The minimum absolute atomic E-state index is 0.0233. The van der Waals surface area contributed by atoms with Gasteiger partial charge in [0.1, 0.15) is 0 Å². The molecule has 0 heterocycles. The van der Waals surface area contributed by atoms with E-state index < -0.39 is 22.6 Å². The molecule has 1 aliphatic carbocycles. The average molecular weight is 270 g/mol. The minimum atomic E-state index is -0.967. The van der Waals surface area contributed by atoms with E-state index in [0.29, 0.717) is 32.4 Å². The highest BCUT2D eigenvalue weighted by atomic mass is 16.2. The number of carbonyl (C=O) groups is 2. The summed E-state index contributed by atoms with van der Waals surface area (Å²) in [6.07, 6.45) is 3.30. The maximum Gasteiger partial charge on any atom is 0.225 e. The zero-order chi connectivity index (χ0) is 14.7. The van der Waals surface area contributed by atoms with E-state index in [4.69, 9.17) is 22.9 Å². The lowest BCUT2D eigenvalue weighted by atomic mass is 9.49. The fourth-order valence-corrected chi connectivity index (χ4v) is 3.86. The van der Waals surface area contributed by atoms with Gasteiger partial charge in [-0.15, -0.1) is 0 Å². The second-order valence-corrected chi connectivity index (χ2v) is 5.74. The van der Waals surface area contributed by atoms with Crippen LogP contribution in [0.5, 0.6) is 0 Å². The smallest absolute Gasteiger partial charge is 0.225 e. The molecule has 110 valence electrons. The molecule has 0 aromatic heterocycles. The molecule has 0 spiro atoms. The predicted octanol–water partition coefficient (Wildman–Crippen LogP) is -0.553. The van der Waals surface area contributed by atoms with E-state index in [1.54, 1.807) is 6.92 Å². The highest BCUT2D eigenvalue weighted by molar-refractivity contribution is 5.92. The Labute approximate surface area is 114 Å². The summed E-state index contributed by atoms with van der Waals surface area (Å²) in [5, 5.41) is 0. The van der Waals surface area contributed by atoms with Crippen LogP contribution < -0.4 is 22.9 Å². The summed E-state index contributed by atoms with van der Waals surface area (Å²) >= 11 is 0. The number of amides is 2. The molecule has 0 bridgehead atoms. The summed E-state index contributed by atoms with van der Waals surface area (Å²) in [5.41, 5.74) is 20.7. The van der Waals surface area contributed by atoms with Crippen molar-refractivity contribution in [1.82, 2.24) is 0 Å². The summed E-state index contributed by atoms with van der Waals surface area (Å²) in [6, 6.07) is 0. The molecular formula is C13H26N4O2.